The van der Waals surface area contributed by atoms with Crippen molar-refractivity contribution in [1.29, 1.82) is 0 Å². The Morgan fingerprint density at radius 3 is 2.69 bits per heavy atom. The van der Waals surface area contributed by atoms with Gasteiger partial charge in [0.1, 0.15) is 5.75 Å². The van der Waals surface area contributed by atoms with Gasteiger partial charge < -0.3 is 10.1 Å². The van der Waals surface area contributed by atoms with Crippen LogP contribution in [0.25, 0.3) is 0 Å². The zero-order chi connectivity index (χ0) is 18.9. The molecule has 0 atom stereocenters. The Morgan fingerprint density at radius 1 is 1.23 bits per heavy atom. The first-order valence-electron chi connectivity index (χ1n) is 8.41. The number of nitrogens with zero attached hydrogens (tertiary/aromatic N) is 1. The summed E-state index contributed by atoms with van der Waals surface area (Å²) in [5.74, 6) is 0.117. The van der Waals surface area contributed by atoms with E-state index in [0.29, 0.717) is 18.0 Å². The molecule has 1 aliphatic heterocycles. The van der Waals surface area contributed by atoms with E-state index in [2.05, 4.69) is 5.32 Å². The van der Waals surface area contributed by atoms with Crippen molar-refractivity contribution in [2.24, 2.45) is 0 Å². The number of benzene rings is 2. The van der Waals surface area contributed by atoms with Crippen LogP contribution in [0.2, 0.25) is 0 Å². The normalized spacial score (nSPS) is 13.9. The number of methoxy groups -OCH3 is 1. The molecule has 3 rings (SSSR count). The van der Waals surface area contributed by atoms with Crippen molar-refractivity contribution in [2.45, 2.75) is 31.6 Å². The van der Waals surface area contributed by atoms with Crippen LogP contribution in [0.3, 0.4) is 0 Å². The molecule has 0 spiro atoms. The number of anilines is 2. The van der Waals surface area contributed by atoms with Crippen LogP contribution in [0, 0.1) is 6.92 Å². The average molecular weight is 374 g/mol. The van der Waals surface area contributed by atoms with Crippen LogP contribution < -0.4 is 14.4 Å². The number of hydrogen-bond acceptors (Lipinski definition) is 4. The van der Waals surface area contributed by atoms with Crippen LogP contribution in [0.1, 0.15) is 24.5 Å². The predicted molar refractivity (Wildman–Crippen MR) is 101 cm³/mol. The van der Waals surface area contributed by atoms with E-state index in [-0.39, 0.29) is 10.8 Å². The maximum absolute atomic E-state index is 13.3. The molecule has 26 heavy (non-hydrogen) atoms. The molecular weight excluding hydrogens is 352 g/mol. The molecule has 0 aromatic heterocycles. The van der Waals surface area contributed by atoms with Crippen LogP contribution in [-0.2, 0) is 21.2 Å². The van der Waals surface area contributed by atoms with Crippen molar-refractivity contribution in [3.05, 3.63) is 47.5 Å². The number of rotatable bonds is 4. The highest BCUT2D eigenvalue weighted by Crippen LogP contribution is 2.36. The van der Waals surface area contributed by atoms with Crippen molar-refractivity contribution >= 4 is 27.3 Å². The molecule has 0 fully saturated rings. The van der Waals surface area contributed by atoms with Gasteiger partial charge in [-0.3, -0.25) is 9.10 Å². The fourth-order valence-corrected chi connectivity index (χ4v) is 4.94. The second-order valence-electron chi connectivity index (χ2n) is 6.31. The van der Waals surface area contributed by atoms with Gasteiger partial charge in [-0.25, -0.2) is 8.42 Å². The molecule has 0 radical (unpaired) electrons. The second kappa shape index (κ2) is 6.99. The van der Waals surface area contributed by atoms with E-state index in [0.717, 1.165) is 29.7 Å². The van der Waals surface area contributed by atoms with Crippen LogP contribution in [0.15, 0.2) is 41.3 Å². The van der Waals surface area contributed by atoms with Gasteiger partial charge in [0.2, 0.25) is 5.91 Å². The molecule has 7 heteroatoms. The molecule has 1 aliphatic rings. The van der Waals surface area contributed by atoms with E-state index in [4.69, 9.17) is 4.74 Å². The Balaban J connectivity index is 2.09. The highest BCUT2D eigenvalue weighted by molar-refractivity contribution is 7.92. The molecule has 6 nitrogen and oxygen atoms in total. The topological polar surface area (TPSA) is 75.7 Å². The van der Waals surface area contributed by atoms with Gasteiger partial charge in [-0.2, -0.15) is 0 Å². The van der Waals surface area contributed by atoms with Gasteiger partial charge in [-0.1, -0.05) is 18.2 Å². The second-order valence-corrected chi connectivity index (χ2v) is 8.17. The Morgan fingerprint density at radius 2 is 2.00 bits per heavy atom. The van der Waals surface area contributed by atoms with E-state index in [1.807, 2.05) is 25.1 Å². The molecule has 1 amide bonds. The number of amides is 1. The summed E-state index contributed by atoms with van der Waals surface area (Å²) in [5.41, 5.74) is 3.07. The Hall–Kier alpha value is -2.54. The zero-order valence-corrected chi connectivity index (χ0v) is 15.9. The van der Waals surface area contributed by atoms with Crippen LogP contribution in [0.5, 0.6) is 5.75 Å². The Labute approximate surface area is 153 Å². The van der Waals surface area contributed by atoms with Gasteiger partial charge in [0.15, 0.2) is 0 Å². The number of para-hydroxylation sites is 1. The minimum Gasteiger partial charge on any atom is -0.495 e. The molecular formula is C19H22N2O4S. The van der Waals surface area contributed by atoms with E-state index in [9.17, 15) is 13.2 Å². The monoisotopic (exact) mass is 374 g/mol. The van der Waals surface area contributed by atoms with Crippen LogP contribution in [-0.4, -0.2) is 28.0 Å². The maximum atomic E-state index is 13.3. The molecule has 0 saturated heterocycles. The summed E-state index contributed by atoms with van der Waals surface area (Å²) in [6.45, 7) is 3.72. The quantitative estimate of drug-likeness (QED) is 0.892. The number of aryl methyl sites for hydroxylation is 2. The lowest BCUT2D eigenvalue weighted by atomic mass is 10.0. The highest BCUT2D eigenvalue weighted by atomic mass is 32.2. The summed E-state index contributed by atoms with van der Waals surface area (Å²) in [6.07, 6.45) is 1.63. The van der Waals surface area contributed by atoms with Gasteiger partial charge in [0, 0.05) is 13.5 Å². The van der Waals surface area contributed by atoms with Gasteiger partial charge in [0.25, 0.3) is 10.0 Å². The summed E-state index contributed by atoms with van der Waals surface area (Å²) in [6, 6.07) is 10.4. The van der Waals surface area contributed by atoms with Gasteiger partial charge in [-0.05, 0) is 49.1 Å². The zero-order valence-electron chi connectivity index (χ0n) is 15.1. The largest absolute Gasteiger partial charge is 0.495 e. The molecule has 0 saturated carbocycles. The number of ether oxygens (including phenoxy) is 1. The number of carbonyl (C=O) groups is 1. The number of nitrogens with one attached hydrogen (secondary N) is 1. The predicted octanol–water partition coefficient (Wildman–Crippen LogP) is 3.10. The minimum atomic E-state index is -3.75. The van der Waals surface area contributed by atoms with Crippen molar-refractivity contribution in [3.8, 4) is 5.75 Å². The lowest BCUT2D eigenvalue weighted by molar-refractivity contribution is -0.114. The average Bonchev–Trinajstić information content (AvgIpc) is 2.61. The highest BCUT2D eigenvalue weighted by Gasteiger charge is 2.30. The number of hydrogen-bond donors (Lipinski definition) is 1. The number of fused-ring (bicyclic) bond motifs is 1. The third-order valence-corrected chi connectivity index (χ3v) is 6.24. The molecule has 138 valence electrons. The first-order valence-corrected chi connectivity index (χ1v) is 9.85. The first kappa shape index (κ1) is 18.3. The van der Waals surface area contributed by atoms with Crippen molar-refractivity contribution in [3.63, 3.8) is 0 Å². The van der Waals surface area contributed by atoms with E-state index in [1.165, 1.54) is 30.5 Å². The molecule has 2 aromatic carbocycles. The van der Waals surface area contributed by atoms with Crippen LogP contribution in [0.4, 0.5) is 11.4 Å². The molecule has 1 N–H and O–H groups in total. The summed E-state index contributed by atoms with van der Waals surface area (Å²) in [4.78, 5) is 11.5. The Bertz CT molecular complexity index is 954. The third-order valence-electron chi connectivity index (χ3n) is 4.45. The number of sulfonamides is 1. The van der Waals surface area contributed by atoms with E-state index < -0.39 is 10.0 Å². The first-order chi connectivity index (χ1) is 12.3. The third kappa shape index (κ3) is 3.26. The number of carbonyl (C=O) groups excluding carboxylic acids is 1. The van der Waals surface area contributed by atoms with Gasteiger partial charge >= 0.3 is 0 Å². The van der Waals surface area contributed by atoms with Gasteiger partial charge in [0.05, 0.1) is 23.4 Å². The van der Waals surface area contributed by atoms with Crippen molar-refractivity contribution in [1.82, 2.24) is 0 Å². The summed E-state index contributed by atoms with van der Waals surface area (Å²) >= 11 is 0. The maximum Gasteiger partial charge on any atom is 0.264 e. The lowest BCUT2D eigenvalue weighted by Crippen LogP contribution is -2.36. The van der Waals surface area contributed by atoms with Crippen molar-refractivity contribution in [2.75, 3.05) is 23.3 Å². The molecule has 0 bridgehead atoms. The van der Waals surface area contributed by atoms with Gasteiger partial charge in [-0.15, -0.1) is 0 Å². The molecule has 0 aliphatic carbocycles. The molecule has 0 unspecified atom stereocenters. The minimum absolute atomic E-state index is 0.123. The summed E-state index contributed by atoms with van der Waals surface area (Å²) in [7, 11) is -2.28. The van der Waals surface area contributed by atoms with Crippen molar-refractivity contribution < 1.29 is 17.9 Å². The Kier molecular flexibility index (Phi) is 4.91. The van der Waals surface area contributed by atoms with E-state index >= 15 is 0 Å². The summed E-state index contributed by atoms with van der Waals surface area (Å²) in [5, 5.41) is 2.62. The lowest BCUT2D eigenvalue weighted by Gasteiger charge is -2.32. The standard InChI is InChI=1S/C19H22N2O4S/c1-13-6-4-7-15-8-5-11-21(19(13)15)26(23,24)16-9-10-18(25-3)17(12-16)20-14(2)22/h4,6-7,9-10,12H,5,8,11H2,1-3H3,(H,20,22). The summed E-state index contributed by atoms with van der Waals surface area (Å²) < 4.78 is 33.3. The fourth-order valence-electron chi connectivity index (χ4n) is 3.31. The molecule has 2 aromatic rings. The SMILES string of the molecule is COc1ccc(S(=O)(=O)N2CCCc3cccc(C)c32)cc1NC(C)=O. The molecule has 1 heterocycles. The smallest absolute Gasteiger partial charge is 0.264 e. The fraction of sp³-hybridized carbons (Fsp3) is 0.316. The van der Waals surface area contributed by atoms with E-state index in [1.54, 1.807) is 6.07 Å². The van der Waals surface area contributed by atoms with Crippen LogP contribution >= 0.6 is 0 Å².